The standard InChI is InChI=1S/C13H14ClNO2/c1-17-12-4-2-3-9-15(12)13(16)10-5-7-11(14)8-6-10/h2,4-8,12H,3,9H2,1H3. The topological polar surface area (TPSA) is 29.5 Å². The number of nitrogens with zero attached hydrogens (tertiary/aromatic N) is 1. The van der Waals surface area contributed by atoms with Crippen LogP contribution < -0.4 is 0 Å². The maximum Gasteiger partial charge on any atom is 0.256 e. The first-order valence-electron chi connectivity index (χ1n) is 5.48. The second-order valence-electron chi connectivity index (χ2n) is 3.85. The molecule has 1 atom stereocenters. The van der Waals surface area contributed by atoms with Crippen LogP contribution in [0.25, 0.3) is 0 Å². The van der Waals surface area contributed by atoms with Gasteiger partial charge in [0, 0.05) is 24.2 Å². The summed E-state index contributed by atoms with van der Waals surface area (Å²) in [7, 11) is 1.60. The molecule has 0 N–H and O–H groups in total. The Balaban J connectivity index is 2.19. The molecular weight excluding hydrogens is 238 g/mol. The average Bonchev–Trinajstić information content (AvgIpc) is 2.39. The normalized spacial score (nSPS) is 19.4. The van der Waals surface area contributed by atoms with Crippen molar-refractivity contribution in [2.24, 2.45) is 0 Å². The Hall–Kier alpha value is -1.32. The van der Waals surface area contributed by atoms with Gasteiger partial charge in [0.05, 0.1) is 0 Å². The van der Waals surface area contributed by atoms with Crippen molar-refractivity contribution in [1.29, 1.82) is 0 Å². The lowest BCUT2D eigenvalue weighted by Gasteiger charge is -2.31. The zero-order chi connectivity index (χ0) is 12.3. The molecule has 0 saturated heterocycles. The van der Waals surface area contributed by atoms with Crippen LogP contribution in [0.4, 0.5) is 0 Å². The number of rotatable bonds is 2. The van der Waals surface area contributed by atoms with E-state index in [0.29, 0.717) is 17.1 Å². The number of methoxy groups -OCH3 is 1. The fourth-order valence-corrected chi connectivity index (χ4v) is 1.96. The predicted molar refractivity (Wildman–Crippen MR) is 67.0 cm³/mol. The van der Waals surface area contributed by atoms with Crippen molar-refractivity contribution in [2.75, 3.05) is 13.7 Å². The second kappa shape index (κ2) is 5.34. The molecule has 17 heavy (non-hydrogen) atoms. The molecule has 0 aromatic heterocycles. The summed E-state index contributed by atoms with van der Waals surface area (Å²) >= 11 is 5.80. The Morgan fingerprint density at radius 2 is 2.12 bits per heavy atom. The van der Waals surface area contributed by atoms with Crippen LogP contribution in [0.5, 0.6) is 0 Å². The third-order valence-electron chi connectivity index (χ3n) is 2.74. The highest BCUT2D eigenvalue weighted by molar-refractivity contribution is 6.30. The molecule has 1 amide bonds. The Morgan fingerprint density at radius 1 is 1.41 bits per heavy atom. The number of carbonyl (C=O) groups is 1. The average molecular weight is 252 g/mol. The lowest BCUT2D eigenvalue weighted by Crippen LogP contribution is -2.42. The molecule has 1 aliphatic heterocycles. The number of hydrogen-bond acceptors (Lipinski definition) is 2. The molecule has 2 rings (SSSR count). The first-order valence-corrected chi connectivity index (χ1v) is 5.86. The largest absolute Gasteiger partial charge is 0.358 e. The molecule has 0 radical (unpaired) electrons. The van der Waals surface area contributed by atoms with Crippen molar-refractivity contribution in [2.45, 2.75) is 12.6 Å². The molecule has 1 aromatic rings. The van der Waals surface area contributed by atoms with Crippen molar-refractivity contribution in [3.05, 3.63) is 47.0 Å². The SMILES string of the molecule is COC1C=CCCN1C(=O)c1ccc(Cl)cc1. The van der Waals surface area contributed by atoms with Crippen molar-refractivity contribution >= 4 is 17.5 Å². The number of halogens is 1. The van der Waals surface area contributed by atoms with Crippen molar-refractivity contribution < 1.29 is 9.53 Å². The number of benzene rings is 1. The summed E-state index contributed by atoms with van der Waals surface area (Å²) in [4.78, 5) is 14.0. The summed E-state index contributed by atoms with van der Waals surface area (Å²) in [5, 5.41) is 0.628. The molecule has 0 fully saturated rings. The quantitative estimate of drug-likeness (QED) is 0.757. The van der Waals surface area contributed by atoms with Crippen molar-refractivity contribution in [1.82, 2.24) is 4.90 Å². The van der Waals surface area contributed by atoms with E-state index in [2.05, 4.69) is 0 Å². The van der Waals surface area contributed by atoms with Gasteiger partial charge in [-0.15, -0.1) is 0 Å². The first-order chi connectivity index (χ1) is 8.22. The third-order valence-corrected chi connectivity index (χ3v) is 2.99. The molecule has 4 heteroatoms. The maximum absolute atomic E-state index is 12.2. The molecule has 1 unspecified atom stereocenters. The summed E-state index contributed by atoms with van der Waals surface area (Å²) in [6.07, 6.45) is 4.52. The highest BCUT2D eigenvalue weighted by Crippen LogP contribution is 2.16. The number of ether oxygens (including phenoxy) is 1. The minimum absolute atomic E-state index is 0.0298. The summed E-state index contributed by atoms with van der Waals surface area (Å²) in [5.74, 6) is -0.0298. The zero-order valence-corrected chi connectivity index (χ0v) is 10.4. The van der Waals surface area contributed by atoms with E-state index in [4.69, 9.17) is 16.3 Å². The van der Waals surface area contributed by atoms with Crippen molar-refractivity contribution in [3.8, 4) is 0 Å². The van der Waals surface area contributed by atoms with E-state index in [9.17, 15) is 4.79 Å². The number of amides is 1. The fourth-order valence-electron chi connectivity index (χ4n) is 1.84. The Kier molecular flexibility index (Phi) is 3.82. The van der Waals surface area contributed by atoms with Gasteiger partial charge in [-0.2, -0.15) is 0 Å². The van der Waals surface area contributed by atoms with Crippen LogP contribution in [0, 0.1) is 0 Å². The molecule has 0 aliphatic carbocycles. The van der Waals surface area contributed by atoms with E-state index in [1.54, 1.807) is 36.3 Å². The number of hydrogen-bond donors (Lipinski definition) is 0. The Morgan fingerprint density at radius 3 is 2.76 bits per heavy atom. The molecule has 1 heterocycles. The minimum Gasteiger partial charge on any atom is -0.358 e. The molecular formula is C13H14ClNO2. The highest BCUT2D eigenvalue weighted by atomic mass is 35.5. The van der Waals surface area contributed by atoms with Gasteiger partial charge in [0.2, 0.25) is 0 Å². The monoisotopic (exact) mass is 251 g/mol. The van der Waals surface area contributed by atoms with E-state index in [0.717, 1.165) is 6.42 Å². The molecule has 0 bridgehead atoms. The van der Waals surface area contributed by atoms with Crippen LogP contribution >= 0.6 is 11.6 Å². The third kappa shape index (κ3) is 2.68. The van der Waals surface area contributed by atoms with Crippen molar-refractivity contribution in [3.63, 3.8) is 0 Å². The Bertz CT molecular complexity index is 428. The zero-order valence-electron chi connectivity index (χ0n) is 9.60. The van der Waals surface area contributed by atoms with Crippen LogP contribution in [-0.2, 0) is 4.74 Å². The van der Waals surface area contributed by atoms with Gasteiger partial charge >= 0.3 is 0 Å². The smallest absolute Gasteiger partial charge is 0.256 e. The van der Waals surface area contributed by atoms with Gasteiger partial charge in [0.25, 0.3) is 5.91 Å². The second-order valence-corrected chi connectivity index (χ2v) is 4.28. The highest BCUT2D eigenvalue weighted by Gasteiger charge is 2.24. The lowest BCUT2D eigenvalue weighted by atomic mass is 10.1. The van der Waals surface area contributed by atoms with E-state index in [1.807, 2.05) is 12.2 Å². The van der Waals surface area contributed by atoms with Crippen LogP contribution in [0.2, 0.25) is 5.02 Å². The van der Waals surface area contributed by atoms with E-state index in [-0.39, 0.29) is 12.1 Å². The van der Waals surface area contributed by atoms with Gasteiger partial charge in [-0.3, -0.25) is 4.79 Å². The molecule has 0 saturated carbocycles. The molecule has 90 valence electrons. The maximum atomic E-state index is 12.2. The van der Waals surface area contributed by atoms with Gasteiger partial charge in [0.15, 0.2) is 6.23 Å². The van der Waals surface area contributed by atoms with E-state index >= 15 is 0 Å². The van der Waals surface area contributed by atoms with E-state index in [1.165, 1.54) is 0 Å². The summed E-state index contributed by atoms with van der Waals surface area (Å²) < 4.78 is 5.26. The molecule has 1 aliphatic rings. The Labute approximate surface area is 106 Å². The molecule has 0 spiro atoms. The van der Waals surface area contributed by atoms with Gasteiger partial charge in [-0.1, -0.05) is 17.7 Å². The van der Waals surface area contributed by atoms with Gasteiger partial charge in [0.1, 0.15) is 0 Å². The summed E-state index contributed by atoms with van der Waals surface area (Å²) in [6.45, 7) is 0.677. The summed E-state index contributed by atoms with van der Waals surface area (Å²) in [5.41, 5.74) is 0.631. The molecule has 3 nitrogen and oxygen atoms in total. The van der Waals surface area contributed by atoms with Crippen LogP contribution in [0.1, 0.15) is 16.8 Å². The fraction of sp³-hybridized carbons (Fsp3) is 0.308. The van der Waals surface area contributed by atoms with E-state index < -0.39 is 0 Å². The van der Waals surface area contributed by atoms with Gasteiger partial charge < -0.3 is 9.64 Å². The van der Waals surface area contributed by atoms with Crippen LogP contribution in [0.15, 0.2) is 36.4 Å². The predicted octanol–water partition coefficient (Wildman–Crippen LogP) is 2.71. The molecule has 1 aromatic carbocycles. The number of carbonyl (C=O) groups excluding carboxylic acids is 1. The van der Waals surface area contributed by atoms with Gasteiger partial charge in [-0.25, -0.2) is 0 Å². The van der Waals surface area contributed by atoms with Gasteiger partial charge in [-0.05, 0) is 36.8 Å². The first kappa shape index (κ1) is 12.1. The summed E-state index contributed by atoms with van der Waals surface area (Å²) in [6, 6.07) is 6.90. The van der Waals surface area contributed by atoms with Crippen LogP contribution in [0.3, 0.4) is 0 Å². The lowest BCUT2D eigenvalue weighted by molar-refractivity contribution is 0.00330. The minimum atomic E-state index is -0.271. The van der Waals surface area contributed by atoms with Crippen LogP contribution in [-0.4, -0.2) is 30.7 Å².